The van der Waals surface area contributed by atoms with Crippen LogP contribution in [0.25, 0.3) is 0 Å². The maximum Gasteiger partial charge on any atom is 0.336 e. The zero-order chi connectivity index (χ0) is 15.2. The van der Waals surface area contributed by atoms with E-state index in [1.54, 1.807) is 12.1 Å². The first-order chi connectivity index (χ1) is 9.89. The Morgan fingerprint density at radius 3 is 2.24 bits per heavy atom. The molecule has 21 heavy (non-hydrogen) atoms. The smallest absolute Gasteiger partial charge is 0.329 e. The first-order valence-electron chi connectivity index (χ1n) is 6.46. The fraction of sp³-hybridized carbons (Fsp3) is 0.357. The van der Waals surface area contributed by atoms with Gasteiger partial charge in [0, 0.05) is 12.8 Å². The predicted molar refractivity (Wildman–Crippen MR) is 65.3 cm³/mol. The van der Waals surface area contributed by atoms with Crippen LogP contribution < -0.4 is 0 Å². The van der Waals surface area contributed by atoms with Crippen molar-refractivity contribution in [1.29, 1.82) is 0 Å². The van der Waals surface area contributed by atoms with E-state index in [1.165, 1.54) is 12.1 Å². The first kappa shape index (κ1) is 13.7. The fourth-order valence-electron chi connectivity index (χ4n) is 2.57. The Kier molecular flexibility index (Phi) is 3.00. The van der Waals surface area contributed by atoms with Crippen molar-refractivity contribution >= 4 is 17.8 Å². The number of rotatable bonds is 2. The van der Waals surface area contributed by atoms with E-state index in [0.29, 0.717) is 5.06 Å². The monoisotopic (exact) mass is 295 g/mol. The molecule has 2 aliphatic rings. The molecule has 1 heterocycles. The van der Waals surface area contributed by atoms with Gasteiger partial charge in [-0.05, 0) is 18.6 Å². The lowest BCUT2D eigenvalue weighted by Crippen LogP contribution is -2.35. The second-order valence-corrected chi connectivity index (χ2v) is 5.16. The topological polar surface area (TPSA) is 63.7 Å². The minimum absolute atomic E-state index is 0.0188. The maximum atomic E-state index is 13.1. The highest BCUT2D eigenvalue weighted by atomic mass is 19.3. The van der Waals surface area contributed by atoms with E-state index in [0.717, 1.165) is 0 Å². The number of halogens is 2. The highest BCUT2D eigenvalue weighted by Gasteiger charge is 2.46. The molecule has 0 radical (unpaired) electrons. The Labute approximate surface area is 118 Å². The molecule has 0 spiro atoms. The number of hydroxylamine groups is 2. The van der Waals surface area contributed by atoms with E-state index in [-0.39, 0.29) is 17.5 Å². The van der Waals surface area contributed by atoms with Gasteiger partial charge < -0.3 is 4.84 Å². The van der Waals surface area contributed by atoms with Crippen molar-refractivity contribution in [3.63, 3.8) is 0 Å². The van der Waals surface area contributed by atoms with Crippen LogP contribution in [0.4, 0.5) is 8.78 Å². The summed E-state index contributed by atoms with van der Waals surface area (Å²) in [7, 11) is 0. The number of hydrogen-bond acceptors (Lipinski definition) is 4. The van der Waals surface area contributed by atoms with E-state index in [9.17, 15) is 23.2 Å². The highest BCUT2D eigenvalue weighted by molar-refractivity contribution is 6.20. The van der Waals surface area contributed by atoms with Crippen molar-refractivity contribution in [1.82, 2.24) is 5.06 Å². The lowest BCUT2D eigenvalue weighted by molar-refractivity contribution is -0.174. The van der Waals surface area contributed by atoms with E-state index in [4.69, 9.17) is 4.84 Å². The average molecular weight is 295 g/mol. The normalized spacial score (nSPS) is 23.3. The number of imide groups is 1. The summed E-state index contributed by atoms with van der Waals surface area (Å²) in [4.78, 5) is 40.5. The van der Waals surface area contributed by atoms with Gasteiger partial charge in [-0.2, -0.15) is 0 Å². The number of amides is 2. The number of carbonyl (C=O) groups is 3. The molecule has 0 N–H and O–H groups in total. The van der Waals surface area contributed by atoms with E-state index >= 15 is 0 Å². The van der Waals surface area contributed by atoms with Gasteiger partial charge in [-0.1, -0.05) is 17.2 Å². The molecule has 1 aromatic carbocycles. The van der Waals surface area contributed by atoms with Crippen molar-refractivity contribution in [3.8, 4) is 0 Å². The molecular weight excluding hydrogens is 284 g/mol. The Bertz CT molecular complexity index is 609. The van der Waals surface area contributed by atoms with Gasteiger partial charge in [-0.15, -0.1) is 0 Å². The first-order valence-corrected chi connectivity index (χ1v) is 6.46. The maximum absolute atomic E-state index is 13.1. The summed E-state index contributed by atoms with van der Waals surface area (Å²) < 4.78 is 26.2. The lowest BCUT2D eigenvalue weighted by atomic mass is 10.1. The summed E-state index contributed by atoms with van der Waals surface area (Å²) in [5.41, 5.74) is 0.263. The van der Waals surface area contributed by atoms with Crippen molar-refractivity contribution in [3.05, 3.63) is 35.4 Å². The molecule has 1 unspecified atom stereocenters. The van der Waals surface area contributed by atoms with Gasteiger partial charge in [-0.25, -0.2) is 13.6 Å². The zero-order valence-corrected chi connectivity index (χ0v) is 10.8. The van der Waals surface area contributed by atoms with E-state index in [1.807, 2.05) is 0 Å². The van der Waals surface area contributed by atoms with Crippen LogP contribution in [0, 0.1) is 5.92 Å². The van der Waals surface area contributed by atoms with Crippen LogP contribution >= 0.6 is 0 Å². The van der Waals surface area contributed by atoms with E-state index < -0.39 is 42.5 Å². The Morgan fingerprint density at radius 1 is 1.19 bits per heavy atom. The predicted octanol–water partition coefficient (Wildman–Crippen LogP) is 2.18. The fourth-order valence-corrected chi connectivity index (χ4v) is 2.57. The summed E-state index contributed by atoms with van der Waals surface area (Å²) in [5.74, 6) is -6.38. The number of nitrogens with zero attached hydrogens (tertiary/aromatic N) is 1. The third-order valence-corrected chi connectivity index (χ3v) is 3.67. The van der Waals surface area contributed by atoms with Gasteiger partial charge in [0.05, 0.1) is 17.0 Å². The third kappa shape index (κ3) is 2.28. The van der Waals surface area contributed by atoms with Gasteiger partial charge in [-0.3, -0.25) is 9.59 Å². The number of hydrogen-bond donors (Lipinski definition) is 0. The standard InChI is InChI=1S/C14H11F2NO4/c15-14(16)6-5-8(7-14)13(20)21-17-11(18)9-3-1-2-4-10(9)12(17)19/h1-4,8H,5-7H2. The largest absolute Gasteiger partial charge is 0.336 e. The molecule has 1 saturated carbocycles. The van der Waals surface area contributed by atoms with Gasteiger partial charge in [0.1, 0.15) is 0 Å². The van der Waals surface area contributed by atoms with Crippen molar-refractivity contribution < 1.29 is 28.0 Å². The molecule has 7 heteroatoms. The molecule has 1 aromatic rings. The van der Waals surface area contributed by atoms with Gasteiger partial charge in [0.15, 0.2) is 0 Å². The summed E-state index contributed by atoms with van der Waals surface area (Å²) in [6.45, 7) is 0. The average Bonchev–Trinajstić information content (AvgIpc) is 2.93. The molecule has 1 aliphatic carbocycles. The van der Waals surface area contributed by atoms with Crippen LogP contribution in [0.1, 0.15) is 40.0 Å². The molecule has 0 aromatic heterocycles. The second kappa shape index (κ2) is 4.61. The molecule has 2 amide bonds. The lowest BCUT2D eigenvalue weighted by Gasteiger charge is -2.15. The number of fused-ring (bicyclic) bond motifs is 1. The summed E-state index contributed by atoms with van der Waals surface area (Å²) in [6.07, 6.45) is -1.03. The van der Waals surface area contributed by atoms with Gasteiger partial charge in [0.25, 0.3) is 11.8 Å². The molecular formula is C14H11F2NO4. The minimum Gasteiger partial charge on any atom is -0.329 e. The van der Waals surface area contributed by atoms with Crippen LogP contribution in [0.2, 0.25) is 0 Å². The van der Waals surface area contributed by atoms with Crippen LogP contribution in [-0.2, 0) is 9.63 Å². The molecule has 1 atom stereocenters. The van der Waals surface area contributed by atoms with Crippen LogP contribution in [0.5, 0.6) is 0 Å². The molecule has 0 saturated heterocycles. The molecule has 110 valence electrons. The van der Waals surface area contributed by atoms with Crippen molar-refractivity contribution in [2.24, 2.45) is 5.92 Å². The van der Waals surface area contributed by atoms with Gasteiger partial charge in [0.2, 0.25) is 5.92 Å². The van der Waals surface area contributed by atoms with Crippen LogP contribution in [-0.4, -0.2) is 28.8 Å². The third-order valence-electron chi connectivity index (χ3n) is 3.67. The Balaban J connectivity index is 1.74. The van der Waals surface area contributed by atoms with E-state index in [2.05, 4.69) is 0 Å². The second-order valence-electron chi connectivity index (χ2n) is 5.16. The molecule has 5 nitrogen and oxygen atoms in total. The summed E-state index contributed by atoms with van der Waals surface area (Å²) in [6, 6.07) is 6.03. The zero-order valence-electron chi connectivity index (χ0n) is 10.8. The summed E-state index contributed by atoms with van der Waals surface area (Å²) >= 11 is 0. The van der Waals surface area contributed by atoms with Gasteiger partial charge >= 0.3 is 5.97 Å². The Morgan fingerprint density at radius 2 is 1.76 bits per heavy atom. The van der Waals surface area contributed by atoms with Crippen molar-refractivity contribution in [2.75, 3.05) is 0 Å². The number of alkyl halides is 2. The number of benzene rings is 1. The van der Waals surface area contributed by atoms with Crippen molar-refractivity contribution in [2.45, 2.75) is 25.2 Å². The number of carbonyl (C=O) groups excluding carboxylic acids is 3. The van der Waals surface area contributed by atoms with Crippen LogP contribution in [0.15, 0.2) is 24.3 Å². The molecule has 1 aliphatic heterocycles. The summed E-state index contributed by atoms with van der Waals surface area (Å²) in [5, 5.41) is 0.351. The highest BCUT2D eigenvalue weighted by Crippen LogP contribution is 2.39. The molecule has 0 bridgehead atoms. The SMILES string of the molecule is O=C(ON1C(=O)c2ccccc2C1=O)C1CCC(F)(F)C1. The minimum atomic E-state index is -2.90. The molecule has 1 fully saturated rings. The molecule has 3 rings (SSSR count). The Hall–Kier alpha value is -2.31. The van der Waals surface area contributed by atoms with Crippen LogP contribution in [0.3, 0.4) is 0 Å². The quantitative estimate of drug-likeness (QED) is 0.784.